The van der Waals surface area contributed by atoms with Crippen molar-refractivity contribution in [2.24, 2.45) is 0 Å². The van der Waals surface area contributed by atoms with Gasteiger partial charge in [-0.15, -0.1) is 9.35 Å². The SMILES string of the molecule is COOP(=O)(OOC)C(CC(=O)OC1CCCCC1)C(=O)OC1CCCCC1. The lowest BCUT2D eigenvalue weighted by Gasteiger charge is -2.27. The number of hydrogen-bond acceptors (Lipinski definition) is 9. The number of ether oxygens (including phenoxy) is 2. The predicted octanol–water partition coefficient (Wildman–Crippen LogP) is 3.85. The van der Waals surface area contributed by atoms with Crippen LogP contribution < -0.4 is 0 Å². The van der Waals surface area contributed by atoms with E-state index in [1.54, 1.807) is 0 Å². The molecule has 0 spiro atoms. The molecule has 0 saturated heterocycles. The summed E-state index contributed by atoms with van der Waals surface area (Å²) < 4.78 is 33.4. The molecule has 0 bridgehead atoms. The molecule has 1 atom stereocenters. The van der Waals surface area contributed by atoms with Crippen LogP contribution in [0, 0.1) is 0 Å². The molecule has 0 aromatic rings. The van der Waals surface area contributed by atoms with Gasteiger partial charge in [-0.05, 0) is 51.4 Å². The van der Waals surface area contributed by atoms with Gasteiger partial charge in [0.2, 0.25) is 0 Å². The second kappa shape index (κ2) is 11.9. The van der Waals surface area contributed by atoms with Gasteiger partial charge in [-0.1, -0.05) is 12.8 Å². The Hall–Kier alpha value is -0.990. The second-order valence-electron chi connectivity index (χ2n) is 7.19. The van der Waals surface area contributed by atoms with Gasteiger partial charge in [0.05, 0.1) is 20.6 Å². The number of esters is 2. The first-order valence-electron chi connectivity index (χ1n) is 9.93. The van der Waals surface area contributed by atoms with Crippen LogP contribution in [0.15, 0.2) is 0 Å². The number of carbonyl (C=O) groups excluding carboxylic acids is 2. The monoisotopic (exact) mass is 422 g/mol. The Morgan fingerprint density at radius 1 is 0.821 bits per heavy atom. The minimum Gasteiger partial charge on any atom is -0.462 e. The third kappa shape index (κ3) is 7.12. The molecule has 28 heavy (non-hydrogen) atoms. The average molecular weight is 422 g/mol. The van der Waals surface area contributed by atoms with E-state index in [4.69, 9.17) is 18.8 Å². The lowest BCUT2D eigenvalue weighted by molar-refractivity contribution is -0.244. The van der Waals surface area contributed by atoms with Crippen molar-refractivity contribution >= 4 is 19.5 Å². The van der Waals surface area contributed by atoms with Gasteiger partial charge in [-0.3, -0.25) is 14.2 Å². The Balaban J connectivity index is 2.07. The fourth-order valence-corrected chi connectivity index (χ4v) is 4.99. The zero-order valence-corrected chi connectivity index (χ0v) is 17.5. The highest BCUT2D eigenvalue weighted by Crippen LogP contribution is 2.55. The van der Waals surface area contributed by atoms with E-state index in [9.17, 15) is 14.2 Å². The Morgan fingerprint density at radius 3 is 1.75 bits per heavy atom. The summed E-state index contributed by atoms with van der Waals surface area (Å²) in [5.74, 6) is -1.50. The molecule has 0 radical (unpaired) electrons. The maximum atomic E-state index is 13.0. The van der Waals surface area contributed by atoms with E-state index in [-0.39, 0.29) is 12.2 Å². The maximum Gasteiger partial charge on any atom is 0.398 e. The first-order valence-corrected chi connectivity index (χ1v) is 11.5. The van der Waals surface area contributed by atoms with Crippen LogP contribution in [0.5, 0.6) is 0 Å². The molecule has 9 nitrogen and oxygen atoms in total. The van der Waals surface area contributed by atoms with Gasteiger partial charge in [0.15, 0.2) is 5.66 Å². The quantitative estimate of drug-likeness (QED) is 0.225. The first-order chi connectivity index (χ1) is 13.5. The van der Waals surface area contributed by atoms with Gasteiger partial charge >= 0.3 is 19.5 Å². The van der Waals surface area contributed by atoms with Crippen molar-refractivity contribution in [2.75, 3.05) is 14.2 Å². The summed E-state index contributed by atoms with van der Waals surface area (Å²) >= 11 is 0. The average Bonchev–Trinajstić information content (AvgIpc) is 2.68. The molecule has 2 aliphatic rings. The first kappa shape index (κ1) is 23.3. The van der Waals surface area contributed by atoms with Crippen molar-refractivity contribution < 1.29 is 42.8 Å². The second-order valence-corrected chi connectivity index (χ2v) is 9.19. The van der Waals surface area contributed by atoms with E-state index in [0.29, 0.717) is 0 Å². The van der Waals surface area contributed by atoms with Gasteiger partial charge in [0.1, 0.15) is 12.2 Å². The summed E-state index contributed by atoms with van der Waals surface area (Å²) in [4.78, 5) is 34.2. The Labute approximate surface area is 165 Å². The fourth-order valence-electron chi connectivity index (χ4n) is 3.65. The van der Waals surface area contributed by atoms with Gasteiger partial charge < -0.3 is 9.47 Å². The molecule has 2 aliphatic carbocycles. The molecule has 0 aromatic carbocycles. The molecule has 10 heteroatoms. The summed E-state index contributed by atoms with van der Waals surface area (Å²) in [6.45, 7) is 0. The van der Waals surface area contributed by atoms with Crippen molar-refractivity contribution in [3.8, 4) is 0 Å². The number of rotatable bonds is 10. The van der Waals surface area contributed by atoms with Gasteiger partial charge in [0, 0.05) is 0 Å². The Kier molecular flexibility index (Phi) is 9.88. The van der Waals surface area contributed by atoms with E-state index in [1.807, 2.05) is 0 Å². The molecule has 2 saturated carbocycles. The number of hydrogen-bond donors (Lipinski definition) is 0. The highest BCUT2D eigenvalue weighted by molar-refractivity contribution is 7.55. The normalized spacial score (nSPS) is 20.5. The van der Waals surface area contributed by atoms with Crippen LogP contribution in [0.1, 0.15) is 70.6 Å². The predicted molar refractivity (Wildman–Crippen MR) is 98.1 cm³/mol. The highest BCUT2D eigenvalue weighted by atomic mass is 31.2. The standard InChI is InChI=1S/C18H31O9P/c1-22-26-28(21,27-23-2)16(18(20)25-15-11-7-4-8-12-15)13-17(19)24-14-9-5-3-6-10-14/h14-16H,3-13H2,1-2H3. The van der Waals surface area contributed by atoms with Crippen LogP contribution in [0.2, 0.25) is 0 Å². The highest BCUT2D eigenvalue weighted by Gasteiger charge is 2.47. The smallest absolute Gasteiger partial charge is 0.398 e. The van der Waals surface area contributed by atoms with E-state index in [1.165, 1.54) is 0 Å². The largest absolute Gasteiger partial charge is 0.462 e. The molecule has 162 valence electrons. The summed E-state index contributed by atoms with van der Waals surface area (Å²) in [5, 5.41) is 0. The topological polar surface area (TPSA) is 107 Å². The Bertz CT molecular complexity index is 531. The third-order valence-corrected chi connectivity index (χ3v) is 6.93. The molecule has 0 heterocycles. The van der Waals surface area contributed by atoms with Crippen molar-refractivity contribution in [2.45, 2.75) is 88.5 Å². The molecule has 0 amide bonds. The van der Waals surface area contributed by atoms with E-state index < -0.39 is 31.6 Å². The lowest BCUT2D eigenvalue weighted by atomic mass is 9.98. The van der Waals surface area contributed by atoms with Crippen LogP contribution in [-0.2, 0) is 42.8 Å². The summed E-state index contributed by atoms with van der Waals surface area (Å²) in [6, 6.07) is 0. The zero-order valence-electron chi connectivity index (χ0n) is 16.6. The van der Waals surface area contributed by atoms with E-state index in [0.717, 1.165) is 78.4 Å². The van der Waals surface area contributed by atoms with Crippen molar-refractivity contribution in [1.82, 2.24) is 0 Å². The summed E-state index contributed by atoms with van der Waals surface area (Å²) in [5.41, 5.74) is -1.54. The van der Waals surface area contributed by atoms with E-state index >= 15 is 0 Å². The minimum absolute atomic E-state index is 0.192. The summed E-state index contributed by atoms with van der Waals surface area (Å²) in [6.07, 6.45) is 8.12. The van der Waals surface area contributed by atoms with Gasteiger partial charge in [-0.25, -0.2) is 9.78 Å². The molecule has 0 aromatic heterocycles. The molecule has 0 aliphatic heterocycles. The minimum atomic E-state index is -4.28. The van der Waals surface area contributed by atoms with Crippen LogP contribution in [0.3, 0.4) is 0 Å². The fraction of sp³-hybridized carbons (Fsp3) is 0.889. The van der Waals surface area contributed by atoms with Crippen LogP contribution in [0.4, 0.5) is 0 Å². The third-order valence-electron chi connectivity index (χ3n) is 5.06. The molecule has 2 fully saturated rings. The van der Waals surface area contributed by atoms with Crippen molar-refractivity contribution in [3.63, 3.8) is 0 Å². The molecular weight excluding hydrogens is 391 g/mol. The van der Waals surface area contributed by atoms with E-state index in [2.05, 4.69) is 9.78 Å². The van der Waals surface area contributed by atoms with Crippen LogP contribution in [-0.4, -0.2) is 44.0 Å². The molecule has 0 N–H and O–H groups in total. The maximum absolute atomic E-state index is 13.0. The molecular formula is C18H31O9P. The van der Waals surface area contributed by atoms with Crippen molar-refractivity contribution in [1.29, 1.82) is 0 Å². The van der Waals surface area contributed by atoms with Crippen LogP contribution in [0.25, 0.3) is 0 Å². The lowest BCUT2D eigenvalue weighted by Crippen LogP contribution is -2.33. The molecule has 1 unspecified atom stereocenters. The van der Waals surface area contributed by atoms with Crippen LogP contribution >= 0.6 is 7.60 Å². The number of carbonyl (C=O) groups is 2. The molecule has 2 rings (SSSR count). The zero-order chi connectivity index (χ0) is 20.4. The Morgan fingerprint density at radius 2 is 1.29 bits per heavy atom. The summed E-state index contributed by atoms with van der Waals surface area (Å²) in [7, 11) is -2.04. The van der Waals surface area contributed by atoms with Crippen molar-refractivity contribution in [3.05, 3.63) is 0 Å². The van der Waals surface area contributed by atoms with Gasteiger partial charge in [-0.2, -0.15) is 0 Å². The van der Waals surface area contributed by atoms with Gasteiger partial charge in [0.25, 0.3) is 0 Å².